The Morgan fingerprint density at radius 1 is 0.694 bits per heavy atom. The fraction of sp³-hybridized carbons (Fsp3) is 0.385. The summed E-state index contributed by atoms with van der Waals surface area (Å²) in [5, 5.41) is 0. The number of hydrogen-bond acceptors (Lipinski definition) is 6. The fourth-order valence-electron chi connectivity index (χ4n) is 4.61. The van der Waals surface area contributed by atoms with Crippen LogP contribution in [0.4, 0.5) is 0 Å². The molecule has 2 amide bonds. The van der Waals surface area contributed by atoms with E-state index in [0.29, 0.717) is 37.1 Å². The molecule has 0 unspecified atom stereocenters. The van der Waals surface area contributed by atoms with Gasteiger partial charge in [-0.05, 0) is 0 Å². The third-order valence-electron chi connectivity index (χ3n) is 6.43. The Morgan fingerprint density at radius 2 is 1.08 bits per heavy atom. The van der Waals surface area contributed by atoms with Crippen LogP contribution in [0, 0.1) is 0 Å². The van der Waals surface area contributed by atoms with Gasteiger partial charge in [0.2, 0.25) is 0 Å². The zero-order valence-electron chi connectivity index (χ0n) is 20.2. The van der Waals surface area contributed by atoms with Crippen molar-refractivity contribution in [1.29, 1.82) is 0 Å². The van der Waals surface area contributed by atoms with Gasteiger partial charge < -0.3 is 0 Å². The van der Waals surface area contributed by atoms with Gasteiger partial charge in [-0.3, -0.25) is 0 Å². The van der Waals surface area contributed by atoms with Crippen molar-refractivity contribution in [2.45, 2.75) is 37.8 Å². The summed E-state index contributed by atoms with van der Waals surface area (Å²) in [6.45, 7) is 1.05. The molecule has 36 heavy (non-hydrogen) atoms. The summed E-state index contributed by atoms with van der Waals surface area (Å²) < 4.78 is 11.7. The van der Waals surface area contributed by atoms with Gasteiger partial charge in [0.15, 0.2) is 0 Å². The number of benzene rings is 2. The number of esters is 2. The standard InChI is InChI=1S/C26H28N2O6Se2/c1-33-25(31)19-11-7-15-27(19)23(29)17-9-3-5-13-21(17)35-36-22-14-6-4-10-18(22)24(30)28-16-8-12-20(28)26(32)34-2/h3-6,9-10,13-14,19-20H,7-8,11-12,15-16H2,1-2H3/t19-,20-/m0/s1. The number of amides is 2. The molecule has 190 valence electrons. The summed E-state index contributed by atoms with van der Waals surface area (Å²) >= 11 is -0.161. The van der Waals surface area contributed by atoms with Crippen molar-refractivity contribution in [3.63, 3.8) is 0 Å². The van der Waals surface area contributed by atoms with Gasteiger partial charge >= 0.3 is 222 Å². The van der Waals surface area contributed by atoms with Crippen LogP contribution in [0.15, 0.2) is 48.5 Å². The van der Waals surface area contributed by atoms with Gasteiger partial charge in [-0.15, -0.1) is 0 Å². The number of likely N-dealkylation sites (tertiary alicyclic amines) is 2. The van der Waals surface area contributed by atoms with Crippen LogP contribution in [-0.2, 0) is 19.1 Å². The number of nitrogens with zero attached hydrogens (tertiary/aromatic N) is 2. The van der Waals surface area contributed by atoms with Gasteiger partial charge in [-0.25, -0.2) is 0 Å². The molecule has 2 aliphatic heterocycles. The van der Waals surface area contributed by atoms with Crippen molar-refractivity contribution in [3.05, 3.63) is 59.7 Å². The monoisotopic (exact) mass is 624 g/mol. The summed E-state index contributed by atoms with van der Waals surface area (Å²) in [7, 11) is 2.69. The van der Waals surface area contributed by atoms with Crippen LogP contribution < -0.4 is 8.92 Å². The number of carbonyl (C=O) groups excluding carboxylic acids is 4. The van der Waals surface area contributed by atoms with Crippen LogP contribution in [-0.4, -0.2) is 99.2 Å². The topological polar surface area (TPSA) is 93.2 Å². The van der Waals surface area contributed by atoms with Gasteiger partial charge in [0.05, 0.1) is 0 Å². The summed E-state index contributed by atoms with van der Waals surface area (Å²) in [4.78, 5) is 54.4. The van der Waals surface area contributed by atoms with Crippen molar-refractivity contribution in [2.24, 2.45) is 0 Å². The molecule has 2 saturated heterocycles. The third kappa shape index (κ3) is 5.52. The van der Waals surface area contributed by atoms with Gasteiger partial charge in [-0.1, -0.05) is 0 Å². The Hall–Kier alpha value is -2.64. The zero-order chi connectivity index (χ0) is 25.7. The number of rotatable bonds is 7. The minimum absolute atomic E-state index is 0.0805. The van der Waals surface area contributed by atoms with E-state index in [-0.39, 0.29) is 50.0 Å². The third-order valence-corrected chi connectivity index (χ3v) is 13.7. The first-order chi connectivity index (χ1) is 17.5. The molecule has 8 nitrogen and oxygen atoms in total. The number of ether oxygens (including phenoxy) is 2. The predicted molar refractivity (Wildman–Crippen MR) is 136 cm³/mol. The normalized spacial score (nSPS) is 19.3. The second-order valence-electron chi connectivity index (χ2n) is 8.52. The molecule has 0 spiro atoms. The number of hydrogen-bond donors (Lipinski definition) is 0. The van der Waals surface area contributed by atoms with Crippen LogP contribution in [0.3, 0.4) is 0 Å². The zero-order valence-corrected chi connectivity index (χ0v) is 23.6. The maximum absolute atomic E-state index is 13.4. The second kappa shape index (κ2) is 12.1. The van der Waals surface area contributed by atoms with Gasteiger partial charge in [0.1, 0.15) is 0 Å². The van der Waals surface area contributed by atoms with E-state index in [9.17, 15) is 19.2 Å². The molecule has 0 radical (unpaired) electrons. The van der Waals surface area contributed by atoms with Crippen molar-refractivity contribution < 1.29 is 28.7 Å². The van der Waals surface area contributed by atoms with Gasteiger partial charge in [0, 0.05) is 0 Å². The van der Waals surface area contributed by atoms with Crippen molar-refractivity contribution in [3.8, 4) is 0 Å². The Bertz CT molecular complexity index is 1070. The minimum atomic E-state index is -0.546. The summed E-state index contributed by atoms with van der Waals surface area (Å²) in [5.74, 6) is -1.07. The first-order valence-corrected chi connectivity index (χ1v) is 17.8. The van der Waals surface area contributed by atoms with Crippen LogP contribution in [0.2, 0.25) is 0 Å². The molecule has 2 aliphatic rings. The van der Waals surface area contributed by atoms with E-state index in [2.05, 4.69) is 0 Å². The van der Waals surface area contributed by atoms with E-state index < -0.39 is 12.1 Å². The Kier molecular flexibility index (Phi) is 8.85. The molecule has 0 aliphatic carbocycles. The molecule has 0 bridgehead atoms. The van der Waals surface area contributed by atoms with E-state index >= 15 is 0 Å². The van der Waals surface area contributed by atoms with Crippen LogP contribution in [0.5, 0.6) is 0 Å². The van der Waals surface area contributed by atoms with Crippen molar-refractivity contribution in [2.75, 3.05) is 27.3 Å². The van der Waals surface area contributed by atoms with E-state index in [1.54, 1.807) is 9.80 Å². The molecule has 2 fully saturated rings. The Labute approximate surface area is 221 Å². The van der Waals surface area contributed by atoms with E-state index in [1.165, 1.54) is 14.2 Å². The van der Waals surface area contributed by atoms with Gasteiger partial charge in [-0.2, -0.15) is 0 Å². The average molecular weight is 622 g/mol. The Morgan fingerprint density at radius 3 is 1.47 bits per heavy atom. The van der Waals surface area contributed by atoms with Crippen molar-refractivity contribution in [1.82, 2.24) is 9.80 Å². The second-order valence-corrected chi connectivity index (χ2v) is 14.7. The Balaban J connectivity index is 1.53. The predicted octanol–water partition coefficient (Wildman–Crippen LogP) is 0.516. The SMILES string of the molecule is COC(=O)[C@@H]1CCCN1C(=O)c1ccccc1[Se][Se]c1ccccc1C(=O)N1CCC[C@H]1C(=O)OC. The molecule has 2 aromatic rings. The molecule has 0 aromatic heterocycles. The fourth-order valence-corrected chi connectivity index (χ4v) is 11.7. The van der Waals surface area contributed by atoms with Crippen LogP contribution >= 0.6 is 0 Å². The van der Waals surface area contributed by atoms with Gasteiger partial charge in [0.25, 0.3) is 0 Å². The van der Waals surface area contributed by atoms with E-state index in [1.807, 2.05) is 48.5 Å². The molecule has 0 saturated carbocycles. The summed E-state index contributed by atoms with van der Waals surface area (Å²) in [6.07, 6.45) is 2.74. The first-order valence-electron chi connectivity index (χ1n) is 11.8. The number of methoxy groups -OCH3 is 2. The van der Waals surface area contributed by atoms with E-state index in [0.717, 1.165) is 21.8 Å². The molecule has 2 aromatic carbocycles. The van der Waals surface area contributed by atoms with E-state index in [4.69, 9.17) is 9.47 Å². The first kappa shape index (κ1) is 26.4. The van der Waals surface area contributed by atoms with Crippen molar-refractivity contribution >= 4 is 58.9 Å². The molecule has 2 heterocycles. The molecule has 0 N–H and O–H groups in total. The average Bonchev–Trinajstić information content (AvgIpc) is 3.61. The summed E-state index contributed by atoms with van der Waals surface area (Å²) in [5.41, 5.74) is 1.20. The quantitative estimate of drug-likeness (QED) is 0.331. The molecule has 10 heteroatoms. The maximum atomic E-state index is 13.4. The van der Waals surface area contributed by atoms with Crippen LogP contribution in [0.25, 0.3) is 0 Å². The summed E-state index contributed by atoms with van der Waals surface area (Å²) in [6, 6.07) is 13.9. The molecule has 4 rings (SSSR count). The number of carbonyl (C=O) groups is 4. The molecular weight excluding hydrogens is 594 g/mol. The van der Waals surface area contributed by atoms with Crippen LogP contribution in [0.1, 0.15) is 46.4 Å². The molecular formula is C26H28N2O6Se2. The molecule has 2 atom stereocenters.